The molecule has 4 heteroatoms. The molecule has 2 atom stereocenters. The predicted molar refractivity (Wildman–Crippen MR) is 90.5 cm³/mol. The average molecular weight is 403 g/mol. The summed E-state index contributed by atoms with van der Waals surface area (Å²) in [5.41, 5.74) is 1.14. The molecule has 0 bridgehead atoms. The largest absolute Gasteiger partial charge is 0.495 e. The highest BCUT2D eigenvalue weighted by Crippen LogP contribution is 2.45. The van der Waals surface area contributed by atoms with E-state index in [1.54, 1.807) is 7.11 Å². The van der Waals surface area contributed by atoms with E-state index >= 15 is 0 Å². The van der Waals surface area contributed by atoms with Crippen molar-refractivity contribution in [1.82, 2.24) is 0 Å². The van der Waals surface area contributed by atoms with Gasteiger partial charge in [0.1, 0.15) is 5.75 Å². The molecule has 0 aromatic heterocycles. The molecule has 20 heavy (non-hydrogen) atoms. The normalized spacial score (nSPS) is 26.4. The number of methoxy groups -OCH3 is 1. The molecule has 0 amide bonds. The summed E-state index contributed by atoms with van der Waals surface area (Å²) in [6.07, 6.45) is 8.35. The van der Waals surface area contributed by atoms with Crippen molar-refractivity contribution in [2.45, 2.75) is 44.6 Å². The van der Waals surface area contributed by atoms with E-state index in [0.717, 1.165) is 32.2 Å². The quantitative estimate of drug-likeness (QED) is 0.707. The highest BCUT2D eigenvalue weighted by Gasteiger charge is 2.34. The Morgan fingerprint density at radius 2 is 1.85 bits per heavy atom. The van der Waals surface area contributed by atoms with E-state index in [2.05, 4.69) is 49.3 Å². The van der Waals surface area contributed by atoms with Gasteiger partial charge in [-0.05, 0) is 75.4 Å². The Morgan fingerprint density at radius 1 is 1.05 bits per heavy atom. The summed E-state index contributed by atoms with van der Waals surface area (Å²) >= 11 is 7.17. The van der Waals surface area contributed by atoms with Gasteiger partial charge in [0.15, 0.2) is 0 Å². The van der Waals surface area contributed by atoms with Crippen LogP contribution >= 0.6 is 31.9 Å². The average Bonchev–Trinajstić information content (AvgIpc) is 3.27. The van der Waals surface area contributed by atoms with E-state index in [4.69, 9.17) is 4.74 Å². The van der Waals surface area contributed by atoms with Crippen LogP contribution in [0.25, 0.3) is 0 Å². The lowest BCUT2D eigenvalue weighted by molar-refractivity contribution is 0.303. The van der Waals surface area contributed by atoms with Crippen LogP contribution in [-0.4, -0.2) is 13.2 Å². The summed E-state index contributed by atoms with van der Waals surface area (Å²) in [6.45, 7) is 0. The van der Waals surface area contributed by atoms with E-state index in [0.29, 0.717) is 6.04 Å². The molecular weight excluding hydrogens is 382 g/mol. The first-order valence-electron chi connectivity index (χ1n) is 7.47. The van der Waals surface area contributed by atoms with Gasteiger partial charge < -0.3 is 10.1 Å². The van der Waals surface area contributed by atoms with Crippen LogP contribution in [0.5, 0.6) is 5.75 Å². The fraction of sp³-hybridized carbons (Fsp3) is 0.625. The molecule has 1 aromatic rings. The van der Waals surface area contributed by atoms with Crippen LogP contribution < -0.4 is 10.1 Å². The van der Waals surface area contributed by atoms with Crippen LogP contribution in [-0.2, 0) is 0 Å². The molecule has 110 valence electrons. The summed E-state index contributed by atoms with van der Waals surface area (Å²) in [5, 5.41) is 3.72. The van der Waals surface area contributed by atoms with Crippen molar-refractivity contribution in [2.75, 3.05) is 12.4 Å². The molecule has 1 aromatic carbocycles. The fourth-order valence-electron chi connectivity index (χ4n) is 3.37. The number of halogens is 2. The Labute approximate surface area is 137 Å². The Kier molecular flexibility index (Phi) is 4.61. The lowest BCUT2D eigenvalue weighted by Crippen LogP contribution is -2.28. The zero-order valence-electron chi connectivity index (χ0n) is 11.8. The van der Waals surface area contributed by atoms with Gasteiger partial charge in [0, 0.05) is 16.6 Å². The molecule has 0 radical (unpaired) electrons. The maximum Gasteiger partial charge on any atom is 0.135 e. The Hall–Kier alpha value is -0.220. The van der Waals surface area contributed by atoms with Gasteiger partial charge in [-0.3, -0.25) is 0 Å². The molecule has 1 N–H and O–H groups in total. The molecule has 2 saturated carbocycles. The highest BCUT2D eigenvalue weighted by molar-refractivity contribution is 9.11. The van der Waals surface area contributed by atoms with E-state index in [9.17, 15) is 0 Å². The maximum atomic E-state index is 5.39. The Morgan fingerprint density at radius 3 is 2.55 bits per heavy atom. The number of rotatable bonds is 4. The van der Waals surface area contributed by atoms with Gasteiger partial charge in [-0.15, -0.1) is 0 Å². The smallest absolute Gasteiger partial charge is 0.135 e. The van der Waals surface area contributed by atoms with E-state index < -0.39 is 0 Å². The first-order chi connectivity index (χ1) is 9.67. The topological polar surface area (TPSA) is 21.3 Å². The maximum absolute atomic E-state index is 5.39. The van der Waals surface area contributed by atoms with Crippen molar-refractivity contribution in [3.8, 4) is 5.75 Å². The SMILES string of the molecule is COc1cc(NC2CCCC(C3CC3)C2)c(Br)cc1Br. The van der Waals surface area contributed by atoms with Crippen molar-refractivity contribution in [1.29, 1.82) is 0 Å². The number of hydrogen-bond donors (Lipinski definition) is 1. The first-order valence-corrected chi connectivity index (χ1v) is 9.05. The summed E-state index contributed by atoms with van der Waals surface area (Å²) in [4.78, 5) is 0. The van der Waals surface area contributed by atoms with Crippen molar-refractivity contribution >= 4 is 37.5 Å². The molecule has 0 saturated heterocycles. The minimum atomic E-state index is 0.608. The third kappa shape index (κ3) is 3.33. The molecule has 2 aliphatic rings. The van der Waals surface area contributed by atoms with Gasteiger partial charge >= 0.3 is 0 Å². The molecule has 2 fully saturated rings. The Bertz CT molecular complexity index is 488. The van der Waals surface area contributed by atoms with Crippen molar-refractivity contribution in [2.24, 2.45) is 11.8 Å². The molecule has 2 aliphatic carbocycles. The minimum Gasteiger partial charge on any atom is -0.495 e. The third-order valence-corrected chi connectivity index (χ3v) is 5.88. The molecule has 0 heterocycles. The first kappa shape index (κ1) is 14.7. The second kappa shape index (κ2) is 6.27. The summed E-state index contributed by atoms with van der Waals surface area (Å²) in [6, 6.07) is 4.74. The van der Waals surface area contributed by atoms with E-state index in [-0.39, 0.29) is 0 Å². The monoisotopic (exact) mass is 401 g/mol. The van der Waals surface area contributed by atoms with Crippen molar-refractivity contribution in [3.05, 3.63) is 21.1 Å². The van der Waals surface area contributed by atoms with Crippen LogP contribution in [0.3, 0.4) is 0 Å². The van der Waals surface area contributed by atoms with E-state index in [1.807, 2.05) is 0 Å². The van der Waals surface area contributed by atoms with Crippen molar-refractivity contribution in [3.63, 3.8) is 0 Å². The highest BCUT2D eigenvalue weighted by atomic mass is 79.9. The molecule has 0 spiro atoms. The zero-order valence-corrected chi connectivity index (χ0v) is 15.0. The van der Waals surface area contributed by atoms with Gasteiger partial charge in [-0.1, -0.05) is 12.8 Å². The number of nitrogens with one attached hydrogen (secondary N) is 1. The van der Waals surface area contributed by atoms with Crippen molar-refractivity contribution < 1.29 is 4.74 Å². The number of anilines is 1. The van der Waals surface area contributed by atoms with Crippen LogP contribution in [0.15, 0.2) is 21.1 Å². The molecule has 2 unspecified atom stereocenters. The van der Waals surface area contributed by atoms with Gasteiger partial charge in [0.05, 0.1) is 17.3 Å². The number of ether oxygens (including phenoxy) is 1. The summed E-state index contributed by atoms with van der Waals surface area (Å²) < 4.78 is 7.47. The Balaban J connectivity index is 1.70. The molecular formula is C16H21Br2NO. The van der Waals surface area contributed by atoms with Gasteiger partial charge in [0.25, 0.3) is 0 Å². The lowest BCUT2D eigenvalue weighted by atomic mass is 9.82. The summed E-state index contributed by atoms with van der Waals surface area (Å²) in [5.74, 6) is 2.87. The second-order valence-corrected chi connectivity index (χ2v) is 7.78. The van der Waals surface area contributed by atoms with Gasteiger partial charge in [-0.2, -0.15) is 0 Å². The zero-order chi connectivity index (χ0) is 14.1. The van der Waals surface area contributed by atoms with E-state index in [1.165, 1.54) is 38.5 Å². The third-order valence-electron chi connectivity index (χ3n) is 4.60. The van der Waals surface area contributed by atoms with Gasteiger partial charge in [0.2, 0.25) is 0 Å². The predicted octanol–water partition coefficient (Wildman–Crippen LogP) is 5.60. The van der Waals surface area contributed by atoms with Crippen LogP contribution in [0.1, 0.15) is 38.5 Å². The molecule has 0 aliphatic heterocycles. The standard InChI is InChI=1S/C16H21Br2NO/c1-20-16-9-15(13(17)8-14(16)18)19-12-4-2-3-11(7-12)10-5-6-10/h8-12,19H,2-7H2,1H3. The fourth-order valence-corrected chi connectivity index (χ4v) is 4.64. The lowest BCUT2D eigenvalue weighted by Gasteiger charge is -2.31. The molecule has 2 nitrogen and oxygen atoms in total. The van der Waals surface area contributed by atoms with Gasteiger partial charge in [-0.25, -0.2) is 0 Å². The number of benzene rings is 1. The second-order valence-electron chi connectivity index (χ2n) is 6.07. The number of hydrogen-bond acceptors (Lipinski definition) is 2. The molecule has 3 rings (SSSR count). The van der Waals surface area contributed by atoms with Crippen LogP contribution in [0.2, 0.25) is 0 Å². The van der Waals surface area contributed by atoms with Crippen LogP contribution in [0, 0.1) is 11.8 Å². The minimum absolute atomic E-state index is 0.608. The summed E-state index contributed by atoms with van der Waals surface area (Å²) in [7, 11) is 1.71. The van der Waals surface area contributed by atoms with Crippen LogP contribution in [0.4, 0.5) is 5.69 Å².